The van der Waals surface area contributed by atoms with E-state index in [9.17, 15) is 32.3 Å². The van der Waals surface area contributed by atoms with Crippen LogP contribution in [0.15, 0.2) is 41.2 Å². The van der Waals surface area contributed by atoms with Crippen LogP contribution in [0.5, 0.6) is 0 Å². The zero-order chi connectivity index (χ0) is 26.1. The topological polar surface area (TPSA) is 111 Å². The third-order valence-corrected chi connectivity index (χ3v) is 7.10. The molecule has 0 bridgehead atoms. The molecule has 2 aromatic carbocycles. The SMILES string of the molecule is Cn1c(=O)n(C)c2cc(N3CC(C(N)=O)C(=O)N(C4CCc5c4cccc5C(F)(F)F)C3=O)ccc21. The number of benzene rings is 2. The molecule has 36 heavy (non-hydrogen) atoms. The minimum absolute atomic E-state index is 0.0199. The van der Waals surface area contributed by atoms with E-state index in [1.54, 1.807) is 32.3 Å². The van der Waals surface area contributed by atoms with Gasteiger partial charge in [-0.1, -0.05) is 12.1 Å². The average molecular weight is 501 g/mol. The Morgan fingerprint density at radius 2 is 1.72 bits per heavy atom. The summed E-state index contributed by atoms with van der Waals surface area (Å²) in [6.07, 6.45) is -4.48. The van der Waals surface area contributed by atoms with Gasteiger partial charge in [-0.25, -0.2) is 9.59 Å². The molecule has 2 unspecified atom stereocenters. The second kappa shape index (κ2) is 7.97. The number of aromatic nitrogens is 2. The number of fused-ring (bicyclic) bond motifs is 2. The van der Waals surface area contributed by atoms with Crippen molar-refractivity contribution >= 4 is 34.6 Å². The van der Waals surface area contributed by atoms with E-state index >= 15 is 0 Å². The van der Waals surface area contributed by atoms with Crippen molar-refractivity contribution < 1.29 is 27.6 Å². The highest BCUT2D eigenvalue weighted by Gasteiger charge is 2.48. The van der Waals surface area contributed by atoms with Crippen LogP contribution in [0.2, 0.25) is 0 Å². The van der Waals surface area contributed by atoms with Gasteiger partial charge >= 0.3 is 17.9 Å². The fourth-order valence-electron chi connectivity index (χ4n) is 5.27. The van der Waals surface area contributed by atoms with Crippen molar-refractivity contribution in [2.75, 3.05) is 11.4 Å². The van der Waals surface area contributed by atoms with Crippen LogP contribution in [0.1, 0.15) is 29.2 Å². The van der Waals surface area contributed by atoms with Crippen LogP contribution >= 0.6 is 0 Å². The van der Waals surface area contributed by atoms with Crippen LogP contribution in [0.4, 0.5) is 23.7 Å². The van der Waals surface area contributed by atoms with Crippen molar-refractivity contribution in [2.45, 2.75) is 25.1 Å². The molecule has 2 atom stereocenters. The molecule has 2 N–H and O–H groups in total. The Balaban J connectivity index is 1.60. The smallest absolute Gasteiger partial charge is 0.369 e. The zero-order valence-electron chi connectivity index (χ0n) is 19.4. The van der Waals surface area contributed by atoms with Crippen molar-refractivity contribution in [1.82, 2.24) is 14.0 Å². The minimum Gasteiger partial charge on any atom is -0.369 e. The Kier molecular flexibility index (Phi) is 5.23. The number of aryl methyl sites for hydroxylation is 2. The molecule has 188 valence electrons. The highest BCUT2D eigenvalue weighted by Crippen LogP contribution is 2.44. The summed E-state index contributed by atoms with van der Waals surface area (Å²) >= 11 is 0. The lowest BCUT2D eigenvalue weighted by Gasteiger charge is -2.40. The maximum absolute atomic E-state index is 13.7. The zero-order valence-corrected chi connectivity index (χ0v) is 19.4. The molecule has 0 radical (unpaired) electrons. The van der Waals surface area contributed by atoms with Gasteiger partial charge in [0.1, 0.15) is 5.92 Å². The second-order valence-corrected chi connectivity index (χ2v) is 9.06. The number of nitrogens with two attached hydrogens (primary N) is 1. The third kappa shape index (κ3) is 3.39. The summed E-state index contributed by atoms with van der Waals surface area (Å²) in [7, 11) is 3.18. The molecule has 4 amide bonds. The van der Waals surface area contributed by atoms with E-state index in [1.165, 1.54) is 26.2 Å². The Bertz CT molecular complexity index is 1510. The molecular formula is C24H22F3N5O4. The Morgan fingerprint density at radius 1 is 1.03 bits per heavy atom. The summed E-state index contributed by atoms with van der Waals surface area (Å²) in [6.45, 7) is -0.321. The van der Waals surface area contributed by atoms with E-state index in [0.717, 1.165) is 11.0 Å². The number of rotatable bonds is 3. The normalized spacial score (nSPS) is 20.4. The number of alkyl halides is 3. The first-order valence-corrected chi connectivity index (χ1v) is 11.2. The van der Waals surface area contributed by atoms with Crippen LogP contribution in [0, 0.1) is 5.92 Å². The number of nitrogens with zero attached hydrogens (tertiary/aromatic N) is 4. The number of urea groups is 1. The number of hydrogen-bond donors (Lipinski definition) is 1. The van der Waals surface area contributed by atoms with Crippen molar-refractivity contribution in [3.63, 3.8) is 0 Å². The van der Waals surface area contributed by atoms with E-state index in [1.807, 2.05) is 0 Å². The van der Waals surface area contributed by atoms with E-state index < -0.39 is 41.5 Å². The lowest BCUT2D eigenvalue weighted by molar-refractivity contribution is -0.141. The molecule has 1 aliphatic heterocycles. The standard InChI is InChI=1S/C24H22F3N5O4/c1-29-18-8-6-12(10-19(18)30(2)22(29)35)31-11-15(20(28)33)21(34)32(23(31)36)17-9-7-13-14(17)4-3-5-16(13)24(25,26)27/h3-6,8,10,15,17H,7,9,11H2,1-2H3,(H2,28,33). The van der Waals surface area contributed by atoms with E-state index in [4.69, 9.17) is 5.73 Å². The lowest BCUT2D eigenvalue weighted by Crippen LogP contribution is -2.60. The Hall–Kier alpha value is -4.09. The number of carbonyl (C=O) groups is 3. The summed E-state index contributed by atoms with van der Waals surface area (Å²) in [6, 6.07) is 6.74. The maximum atomic E-state index is 13.7. The third-order valence-electron chi connectivity index (χ3n) is 7.10. The molecular weight excluding hydrogens is 479 g/mol. The molecule has 0 spiro atoms. The Morgan fingerprint density at radius 3 is 2.39 bits per heavy atom. The minimum atomic E-state index is -4.58. The quantitative estimate of drug-likeness (QED) is 0.556. The molecule has 1 aromatic heterocycles. The van der Waals surface area contributed by atoms with Gasteiger partial charge < -0.3 is 5.73 Å². The molecule has 3 aromatic rings. The predicted molar refractivity (Wildman–Crippen MR) is 123 cm³/mol. The largest absolute Gasteiger partial charge is 0.416 e. The lowest BCUT2D eigenvalue weighted by atomic mass is 9.98. The summed E-state index contributed by atoms with van der Waals surface area (Å²) in [5.74, 6) is -3.17. The predicted octanol–water partition coefficient (Wildman–Crippen LogP) is 2.45. The molecule has 12 heteroatoms. The van der Waals surface area contributed by atoms with Crippen LogP contribution in [0.25, 0.3) is 11.0 Å². The number of imide groups is 1. The molecule has 9 nitrogen and oxygen atoms in total. The first-order chi connectivity index (χ1) is 16.9. The van der Waals surface area contributed by atoms with E-state index in [-0.39, 0.29) is 36.2 Å². The highest BCUT2D eigenvalue weighted by atomic mass is 19.4. The van der Waals surface area contributed by atoms with Crippen molar-refractivity contribution in [3.8, 4) is 0 Å². The van der Waals surface area contributed by atoms with Gasteiger partial charge in [0.15, 0.2) is 0 Å². The summed E-state index contributed by atoms with van der Waals surface area (Å²) in [5.41, 5.74) is 6.12. The fourth-order valence-corrected chi connectivity index (χ4v) is 5.27. The Labute approximate surface area is 202 Å². The van der Waals surface area contributed by atoms with Gasteiger partial charge in [-0.15, -0.1) is 0 Å². The number of amides is 4. The highest BCUT2D eigenvalue weighted by molar-refractivity contribution is 6.13. The summed E-state index contributed by atoms with van der Waals surface area (Å²) in [5, 5.41) is 0. The van der Waals surface area contributed by atoms with Crippen LogP contribution in [-0.4, -0.2) is 38.4 Å². The van der Waals surface area contributed by atoms with Gasteiger partial charge in [0.05, 0.1) is 22.6 Å². The van der Waals surface area contributed by atoms with Gasteiger partial charge in [-0.2, -0.15) is 13.2 Å². The molecule has 1 fully saturated rings. The summed E-state index contributed by atoms with van der Waals surface area (Å²) in [4.78, 5) is 53.5. The summed E-state index contributed by atoms with van der Waals surface area (Å²) < 4.78 is 43.5. The number of imidazole rings is 1. The molecule has 1 aliphatic carbocycles. The van der Waals surface area contributed by atoms with Crippen LogP contribution < -0.4 is 16.3 Å². The molecule has 5 rings (SSSR count). The van der Waals surface area contributed by atoms with Gasteiger partial charge in [0.2, 0.25) is 11.8 Å². The van der Waals surface area contributed by atoms with Crippen molar-refractivity contribution in [3.05, 3.63) is 63.6 Å². The van der Waals surface area contributed by atoms with Crippen molar-refractivity contribution in [2.24, 2.45) is 25.7 Å². The van der Waals surface area contributed by atoms with Crippen LogP contribution in [-0.2, 0) is 36.3 Å². The average Bonchev–Trinajstić information content (AvgIpc) is 3.33. The monoisotopic (exact) mass is 501 g/mol. The van der Waals surface area contributed by atoms with Gasteiger partial charge in [0.25, 0.3) is 0 Å². The van der Waals surface area contributed by atoms with E-state index in [0.29, 0.717) is 16.7 Å². The molecule has 2 heterocycles. The number of halogens is 3. The first-order valence-electron chi connectivity index (χ1n) is 11.2. The number of carbonyl (C=O) groups excluding carboxylic acids is 3. The first kappa shape index (κ1) is 23.6. The second-order valence-electron chi connectivity index (χ2n) is 9.06. The number of primary amides is 1. The fraction of sp³-hybridized carbons (Fsp3) is 0.333. The van der Waals surface area contributed by atoms with Gasteiger partial charge in [-0.05, 0) is 48.2 Å². The molecule has 1 saturated heterocycles. The molecule has 0 saturated carbocycles. The number of anilines is 1. The van der Waals surface area contributed by atoms with Crippen molar-refractivity contribution in [1.29, 1.82) is 0 Å². The maximum Gasteiger partial charge on any atom is 0.416 e. The van der Waals surface area contributed by atoms with Crippen LogP contribution in [0.3, 0.4) is 0 Å². The molecule has 2 aliphatic rings. The van der Waals surface area contributed by atoms with E-state index in [2.05, 4.69) is 0 Å². The number of hydrogen-bond acceptors (Lipinski definition) is 4. The van der Waals surface area contributed by atoms with Gasteiger partial charge in [-0.3, -0.25) is 28.5 Å². The van der Waals surface area contributed by atoms with Gasteiger partial charge in [0, 0.05) is 26.3 Å².